The first kappa shape index (κ1) is 18.4. The number of carbonyl (C=O) groups is 1. The Morgan fingerprint density at radius 1 is 1.42 bits per heavy atom. The van der Waals surface area contributed by atoms with Gasteiger partial charge in [0.1, 0.15) is 17.1 Å². The van der Waals surface area contributed by atoms with E-state index in [0.717, 1.165) is 25.7 Å². The zero-order chi connectivity index (χ0) is 17.9. The van der Waals surface area contributed by atoms with Crippen LogP contribution in [0.3, 0.4) is 0 Å². The van der Waals surface area contributed by atoms with Crippen LogP contribution in [0.25, 0.3) is 0 Å². The van der Waals surface area contributed by atoms with Crippen molar-refractivity contribution >= 4 is 5.97 Å². The smallest absolute Gasteiger partial charge is 0.339 e. The highest BCUT2D eigenvalue weighted by atomic mass is 16.5. The summed E-state index contributed by atoms with van der Waals surface area (Å²) in [4.78, 5) is 11.7. The van der Waals surface area contributed by atoms with Crippen LogP contribution in [-0.2, 0) is 6.42 Å². The molecule has 1 aromatic carbocycles. The summed E-state index contributed by atoms with van der Waals surface area (Å²) in [5.41, 5.74) is 2.56. The maximum absolute atomic E-state index is 11.7. The van der Waals surface area contributed by atoms with Gasteiger partial charge in [0.2, 0.25) is 0 Å². The number of ether oxygens (including phenoxy) is 1. The summed E-state index contributed by atoms with van der Waals surface area (Å²) in [6, 6.07) is 1.82. The van der Waals surface area contributed by atoms with Crippen LogP contribution in [0.4, 0.5) is 0 Å². The zero-order valence-corrected chi connectivity index (χ0v) is 15.1. The molecule has 2 rings (SSSR count). The van der Waals surface area contributed by atoms with Gasteiger partial charge in [0, 0.05) is 11.5 Å². The average molecular weight is 332 g/mol. The molecule has 0 aromatic heterocycles. The fourth-order valence-corrected chi connectivity index (χ4v) is 3.47. The lowest BCUT2D eigenvalue weighted by Gasteiger charge is -2.26. The van der Waals surface area contributed by atoms with Crippen molar-refractivity contribution in [1.29, 1.82) is 0 Å². The van der Waals surface area contributed by atoms with Crippen LogP contribution in [0, 0.1) is 0 Å². The monoisotopic (exact) mass is 332 g/mol. The molecule has 24 heavy (non-hydrogen) atoms. The summed E-state index contributed by atoms with van der Waals surface area (Å²) in [6.07, 6.45) is 6.49. The lowest BCUT2D eigenvalue weighted by atomic mass is 9.83. The molecule has 1 atom stereocenters. The summed E-state index contributed by atoms with van der Waals surface area (Å²) < 4.78 is 5.95. The lowest BCUT2D eigenvalue weighted by molar-refractivity contribution is 0.0692. The van der Waals surface area contributed by atoms with Gasteiger partial charge in [0.25, 0.3) is 0 Å². The maximum atomic E-state index is 11.7. The van der Waals surface area contributed by atoms with Crippen molar-refractivity contribution in [1.82, 2.24) is 0 Å². The zero-order valence-electron chi connectivity index (χ0n) is 15.1. The number of phenols is 1. The van der Waals surface area contributed by atoms with Gasteiger partial charge >= 0.3 is 5.97 Å². The molecule has 0 heterocycles. The van der Waals surface area contributed by atoms with Crippen LogP contribution < -0.4 is 4.74 Å². The lowest BCUT2D eigenvalue weighted by Crippen LogP contribution is -2.14. The van der Waals surface area contributed by atoms with E-state index in [-0.39, 0.29) is 23.3 Å². The number of allylic oxidation sites excluding steroid dienone is 2. The largest absolute Gasteiger partial charge is 0.507 e. The summed E-state index contributed by atoms with van der Waals surface area (Å²) in [5, 5.41) is 20.4. The molecule has 0 bridgehead atoms. The standard InChI is InChI=1S/C20H28O4/c1-5-7-14-11-16(24-12(2)3)17(19(21)18(14)20(22)23)15-9-6-8-13(4)10-15/h10-12,15,21H,5-9H2,1-4H3,(H,22,23). The Labute approximate surface area is 144 Å². The molecule has 0 spiro atoms. The van der Waals surface area contributed by atoms with Crippen LogP contribution in [0.1, 0.15) is 80.8 Å². The summed E-state index contributed by atoms with van der Waals surface area (Å²) in [7, 11) is 0. The molecule has 1 aromatic rings. The Kier molecular flexibility index (Phi) is 5.92. The number of rotatable bonds is 6. The third kappa shape index (κ3) is 3.92. The SMILES string of the molecule is CCCc1cc(OC(C)C)c(C2C=C(C)CCC2)c(O)c1C(=O)O. The third-order valence-corrected chi connectivity index (χ3v) is 4.42. The van der Waals surface area contributed by atoms with Crippen molar-refractivity contribution < 1.29 is 19.7 Å². The Morgan fingerprint density at radius 3 is 2.67 bits per heavy atom. The second-order valence-corrected chi connectivity index (χ2v) is 6.90. The topological polar surface area (TPSA) is 66.8 Å². The van der Waals surface area contributed by atoms with E-state index in [9.17, 15) is 15.0 Å². The molecule has 4 heteroatoms. The Bertz CT molecular complexity index is 644. The Morgan fingerprint density at radius 2 is 2.12 bits per heavy atom. The molecule has 4 nitrogen and oxygen atoms in total. The quantitative estimate of drug-likeness (QED) is 0.716. The van der Waals surface area contributed by atoms with Crippen molar-refractivity contribution in [2.24, 2.45) is 0 Å². The Balaban J connectivity index is 2.67. The first-order valence-electron chi connectivity index (χ1n) is 8.81. The van der Waals surface area contributed by atoms with E-state index >= 15 is 0 Å². The molecular weight excluding hydrogens is 304 g/mol. The third-order valence-electron chi connectivity index (χ3n) is 4.42. The number of hydrogen-bond acceptors (Lipinski definition) is 3. The number of benzene rings is 1. The van der Waals surface area contributed by atoms with E-state index in [4.69, 9.17) is 4.74 Å². The van der Waals surface area contributed by atoms with Gasteiger partial charge in [0.05, 0.1) is 6.10 Å². The molecule has 0 amide bonds. The number of carboxylic acids is 1. The number of hydrogen-bond donors (Lipinski definition) is 2. The van der Waals surface area contributed by atoms with Crippen molar-refractivity contribution in [3.8, 4) is 11.5 Å². The average Bonchev–Trinajstić information content (AvgIpc) is 2.46. The minimum atomic E-state index is -1.08. The van der Waals surface area contributed by atoms with Gasteiger partial charge in [-0.1, -0.05) is 25.0 Å². The van der Waals surface area contributed by atoms with Crippen molar-refractivity contribution in [3.63, 3.8) is 0 Å². The van der Waals surface area contributed by atoms with Gasteiger partial charge in [-0.25, -0.2) is 4.79 Å². The first-order chi connectivity index (χ1) is 11.3. The molecule has 1 aliphatic rings. The van der Waals surface area contributed by atoms with Crippen molar-refractivity contribution in [2.75, 3.05) is 0 Å². The molecule has 1 unspecified atom stereocenters. The van der Waals surface area contributed by atoms with Crippen molar-refractivity contribution in [2.45, 2.75) is 71.8 Å². The van der Waals surface area contributed by atoms with Crippen LogP contribution in [0.2, 0.25) is 0 Å². The van der Waals surface area contributed by atoms with Crippen LogP contribution in [0.5, 0.6) is 11.5 Å². The molecule has 2 N–H and O–H groups in total. The molecule has 1 aliphatic carbocycles. The second kappa shape index (κ2) is 7.73. The number of aromatic carboxylic acids is 1. The second-order valence-electron chi connectivity index (χ2n) is 6.90. The van der Waals surface area contributed by atoms with Gasteiger partial charge in [0.15, 0.2) is 0 Å². The van der Waals surface area contributed by atoms with Gasteiger partial charge < -0.3 is 14.9 Å². The predicted octanol–water partition coefficient (Wildman–Crippen LogP) is 5.04. The van der Waals surface area contributed by atoms with E-state index in [2.05, 4.69) is 13.0 Å². The maximum Gasteiger partial charge on any atom is 0.339 e. The minimum absolute atomic E-state index is 0.00118. The fourth-order valence-electron chi connectivity index (χ4n) is 3.47. The highest BCUT2D eigenvalue weighted by Gasteiger charge is 2.28. The van der Waals surface area contributed by atoms with E-state index < -0.39 is 5.97 Å². The molecule has 0 aliphatic heterocycles. The van der Waals surface area contributed by atoms with Gasteiger partial charge in [-0.2, -0.15) is 0 Å². The number of aromatic hydroxyl groups is 1. The van der Waals surface area contributed by atoms with Crippen LogP contribution in [0.15, 0.2) is 17.7 Å². The highest BCUT2D eigenvalue weighted by molar-refractivity contribution is 5.94. The predicted molar refractivity (Wildman–Crippen MR) is 95.2 cm³/mol. The normalized spacial score (nSPS) is 17.7. The fraction of sp³-hybridized carbons (Fsp3) is 0.550. The summed E-state index contributed by atoms with van der Waals surface area (Å²) >= 11 is 0. The van der Waals surface area contributed by atoms with Gasteiger partial charge in [-0.15, -0.1) is 0 Å². The Hall–Kier alpha value is -1.97. The molecular formula is C20H28O4. The van der Waals surface area contributed by atoms with Crippen LogP contribution >= 0.6 is 0 Å². The van der Waals surface area contributed by atoms with E-state index in [1.54, 1.807) is 0 Å². The number of carboxylic acid groups (broad SMARTS) is 1. The van der Waals surface area contributed by atoms with Crippen molar-refractivity contribution in [3.05, 3.63) is 34.4 Å². The van der Waals surface area contributed by atoms with Crippen LogP contribution in [-0.4, -0.2) is 22.3 Å². The minimum Gasteiger partial charge on any atom is -0.507 e. The van der Waals surface area contributed by atoms with Gasteiger partial charge in [-0.05, 0) is 58.1 Å². The van der Waals surface area contributed by atoms with E-state index in [1.165, 1.54) is 5.57 Å². The van der Waals surface area contributed by atoms with E-state index in [0.29, 0.717) is 23.3 Å². The highest BCUT2D eigenvalue weighted by Crippen LogP contribution is 2.44. The molecule has 0 saturated carbocycles. The molecule has 0 saturated heterocycles. The summed E-state index contributed by atoms with van der Waals surface area (Å²) in [5.74, 6) is -0.585. The molecule has 132 valence electrons. The van der Waals surface area contributed by atoms with Gasteiger partial charge in [-0.3, -0.25) is 0 Å². The summed E-state index contributed by atoms with van der Waals surface area (Å²) in [6.45, 7) is 7.95. The molecule has 0 radical (unpaired) electrons. The first-order valence-corrected chi connectivity index (χ1v) is 8.81. The van der Waals surface area contributed by atoms with E-state index in [1.807, 2.05) is 26.8 Å². The number of aryl methyl sites for hydroxylation is 1. The molecule has 0 fully saturated rings.